The van der Waals surface area contributed by atoms with Gasteiger partial charge in [0.2, 0.25) is 0 Å². The second-order valence-corrected chi connectivity index (χ2v) is 7.11. The lowest BCUT2D eigenvalue weighted by Gasteiger charge is -2.30. The minimum Gasteiger partial charge on any atom is -0.355 e. The molecule has 1 aliphatic rings. The van der Waals surface area contributed by atoms with Gasteiger partial charge in [0, 0.05) is 45.3 Å². The maximum absolute atomic E-state index is 4.33. The van der Waals surface area contributed by atoms with Crippen LogP contribution in [-0.4, -0.2) is 74.2 Å². The van der Waals surface area contributed by atoms with E-state index in [1.54, 1.807) is 0 Å². The van der Waals surface area contributed by atoms with Crippen molar-refractivity contribution in [1.29, 1.82) is 0 Å². The summed E-state index contributed by atoms with van der Waals surface area (Å²) in [6.45, 7) is 15.6. The van der Waals surface area contributed by atoms with Crippen LogP contribution in [0.1, 0.15) is 53.4 Å². The first-order chi connectivity index (χ1) is 11.0. The fourth-order valence-corrected chi connectivity index (χ4v) is 3.33. The van der Waals surface area contributed by atoms with Crippen LogP contribution in [0, 0.1) is 0 Å². The van der Waals surface area contributed by atoms with Crippen LogP contribution in [0.25, 0.3) is 0 Å². The third kappa shape index (κ3) is 8.56. The number of nitrogens with zero attached hydrogens (tertiary/aromatic N) is 3. The van der Waals surface area contributed by atoms with E-state index in [0.717, 1.165) is 32.1 Å². The van der Waals surface area contributed by atoms with Crippen LogP contribution in [-0.2, 0) is 0 Å². The van der Waals surface area contributed by atoms with E-state index >= 15 is 0 Å². The first-order valence-electron chi connectivity index (χ1n) is 9.47. The topological polar surface area (TPSA) is 42.9 Å². The normalized spacial score (nSPS) is 17.8. The zero-order valence-electron chi connectivity index (χ0n) is 16.1. The van der Waals surface area contributed by atoms with Crippen molar-refractivity contribution < 1.29 is 0 Å². The largest absolute Gasteiger partial charge is 0.355 e. The summed E-state index contributed by atoms with van der Waals surface area (Å²) in [6.07, 6.45) is 5.51. The third-order valence-corrected chi connectivity index (χ3v) is 4.63. The molecule has 1 aliphatic heterocycles. The molecule has 0 amide bonds. The van der Waals surface area contributed by atoms with Gasteiger partial charge in [-0.3, -0.25) is 9.89 Å². The van der Waals surface area contributed by atoms with Crippen molar-refractivity contribution in [2.75, 3.05) is 46.3 Å². The standard InChI is InChI=1S/C18H39N5/c1-16(2)23(17(3)4)15-11-21-18(19-5)20-10-14-22-12-8-6-7-9-13-22/h16-17H,6-15H2,1-5H3,(H2,19,20,21). The van der Waals surface area contributed by atoms with Gasteiger partial charge in [-0.05, 0) is 53.6 Å². The molecule has 0 aromatic heterocycles. The van der Waals surface area contributed by atoms with Gasteiger partial charge in [-0.25, -0.2) is 0 Å². The minimum atomic E-state index is 0.579. The fourth-order valence-electron chi connectivity index (χ4n) is 3.33. The van der Waals surface area contributed by atoms with Gasteiger partial charge in [0.25, 0.3) is 0 Å². The first-order valence-corrected chi connectivity index (χ1v) is 9.47. The van der Waals surface area contributed by atoms with Crippen LogP contribution in [0.5, 0.6) is 0 Å². The van der Waals surface area contributed by atoms with E-state index in [9.17, 15) is 0 Å². The SMILES string of the molecule is CN=C(NCCN1CCCCCC1)NCCN(C(C)C)C(C)C. The summed E-state index contributed by atoms with van der Waals surface area (Å²) in [7, 11) is 1.85. The van der Waals surface area contributed by atoms with E-state index in [1.165, 1.54) is 38.8 Å². The summed E-state index contributed by atoms with van der Waals surface area (Å²) in [5, 5.41) is 6.89. The smallest absolute Gasteiger partial charge is 0.191 e. The van der Waals surface area contributed by atoms with Crippen molar-refractivity contribution >= 4 is 5.96 Å². The second kappa shape index (κ2) is 11.7. The highest BCUT2D eigenvalue weighted by Crippen LogP contribution is 2.08. The second-order valence-electron chi connectivity index (χ2n) is 7.11. The number of hydrogen-bond acceptors (Lipinski definition) is 3. The molecule has 2 N–H and O–H groups in total. The summed E-state index contributed by atoms with van der Waals surface area (Å²) in [4.78, 5) is 9.41. The molecule has 1 heterocycles. The Morgan fingerprint density at radius 1 is 0.957 bits per heavy atom. The van der Waals surface area contributed by atoms with Crippen LogP contribution in [0.15, 0.2) is 4.99 Å². The van der Waals surface area contributed by atoms with Crippen LogP contribution >= 0.6 is 0 Å². The molecular formula is C18H39N5. The lowest BCUT2D eigenvalue weighted by atomic mass is 10.2. The van der Waals surface area contributed by atoms with Crippen LogP contribution < -0.4 is 10.6 Å². The zero-order chi connectivity index (χ0) is 17.1. The maximum Gasteiger partial charge on any atom is 0.191 e. The van der Waals surface area contributed by atoms with Crippen molar-refractivity contribution in [2.45, 2.75) is 65.5 Å². The molecule has 1 rings (SSSR count). The molecule has 0 aromatic rings. The van der Waals surface area contributed by atoms with Gasteiger partial charge in [0.05, 0.1) is 0 Å². The predicted molar refractivity (Wildman–Crippen MR) is 101 cm³/mol. The highest BCUT2D eigenvalue weighted by atomic mass is 15.2. The predicted octanol–water partition coefficient (Wildman–Crippen LogP) is 2.15. The molecule has 0 unspecified atom stereocenters. The number of rotatable bonds is 8. The Labute approximate surface area is 143 Å². The average Bonchev–Trinajstić information content (AvgIpc) is 2.77. The lowest BCUT2D eigenvalue weighted by molar-refractivity contribution is 0.178. The van der Waals surface area contributed by atoms with Crippen molar-refractivity contribution in [1.82, 2.24) is 20.4 Å². The Kier molecular flexibility index (Phi) is 10.3. The molecule has 0 bridgehead atoms. The number of nitrogens with one attached hydrogen (secondary N) is 2. The van der Waals surface area contributed by atoms with Crippen molar-refractivity contribution in [3.05, 3.63) is 0 Å². The molecule has 23 heavy (non-hydrogen) atoms. The molecular weight excluding hydrogens is 286 g/mol. The van der Waals surface area contributed by atoms with E-state index in [2.05, 4.69) is 53.1 Å². The summed E-state index contributed by atoms with van der Waals surface area (Å²) in [6, 6.07) is 1.16. The van der Waals surface area contributed by atoms with Gasteiger partial charge in [-0.15, -0.1) is 0 Å². The minimum absolute atomic E-state index is 0.579. The van der Waals surface area contributed by atoms with Crippen LogP contribution in [0.2, 0.25) is 0 Å². The Balaban J connectivity index is 2.21. The van der Waals surface area contributed by atoms with Gasteiger partial charge in [-0.2, -0.15) is 0 Å². The molecule has 0 atom stereocenters. The number of guanidine groups is 1. The van der Waals surface area contributed by atoms with E-state index in [1.807, 2.05) is 7.05 Å². The van der Waals surface area contributed by atoms with Gasteiger partial charge >= 0.3 is 0 Å². The summed E-state index contributed by atoms with van der Waals surface area (Å²) in [5.41, 5.74) is 0. The zero-order valence-corrected chi connectivity index (χ0v) is 16.1. The quantitative estimate of drug-likeness (QED) is 0.530. The first kappa shape index (κ1) is 20.2. The fraction of sp³-hybridized carbons (Fsp3) is 0.944. The number of hydrogen-bond donors (Lipinski definition) is 2. The molecule has 0 aromatic carbocycles. The van der Waals surface area contributed by atoms with E-state index in [0.29, 0.717) is 12.1 Å². The summed E-state index contributed by atoms with van der Waals surface area (Å²) < 4.78 is 0. The van der Waals surface area contributed by atoms with Crippen molar-refractivity contribution in [2.24, 2.45) is 4.99 Å². The Morgan fingerprint density at radius 2 is 1.52 bits per heavy atom. The van der Waals surface area contributed by atoms with E-state index in [-0.39, 0.29) is 0 Å². The highest BCUT2D eigenvalue weighted by Gasteiger charge is 2.13. The Morgan fingerprint density at radius 3 is 2.04 bits per heavy atom. The summed E-state index contributed by atoms with van der Waals surface area (Å²) in [5.74, 6) is 0.923. The molecule has 5 heteroatoms. The third-order valence-electron chi connectivity index (χ3n) is 4.63. The van der Waals surface area contributed by atoms with Gasteiger partial charge < -0.3 is 15.5 Å². The molecule has 0 aliphatic carbocycles. The molecule has 0 radical (unpaired) electrons. The number of aliphatic imine (C=N–C) groups is 1. The molecule has 5 nitrogen and oxygen atoms in total. The Hall–Kier alpha value is -0.810. The monoisotopic (exact) mass is 325 g/mol. The van der Waals surface area contributed by atoms with E-state index in [4.69, 9.17) is 0 Å². The van der Waals surface area contributed by atoms with Crippen molar-refractivity contribution in [3.8, 4) is 0 Å². The average molecular weight is 326 g/mol. The van der Waals surface area contributed by atoms with Crippen molar-refractivity contribution in [3.63, 3.8) is 0 Å². The molecule has 0 saturated carbocycles. The molecule has 1 fully saturated rings. The van der Waals surface area contributed by atoms with Gasteiger partial charge in [0.1, 0.15) is 0 Å². The van der Waals surface area contributed by atoms with Crippen LogP contribution in [0.4, 0.5) is 0 Å². The Bertz CT molecular complexity index is 311. The lowest BCUT2D eigenvalue weighted by Crippen LogP contribution is -2.46. The molecule has 136 valence electrons. The molecule has 0 spiro atoms. The van der Waals surface area contributed by atoms with Gasteiger partial charge in [0.15, 0.2) is 5.96 Å². The van der Waals surface area contributed by atoms with Crippen LogP contribution in [0.3, 0.4) is 0 Å². The molecule has 1 saturated heterocycles. The summed E-state index contributed by atoms with van der Waals surface area (Å²) >= 11 is 0. The maximum atomic E-state index is 4.33. The van der Waals surface area contributed by atoms with E-state index < -0.39 is 0 Å². The number of likely N-dealkylation sites (tertiary alicyclic amines) is 1. The highest BCUT2D eigenvalue weighted by molar-refractivity contribution is 5.79. The van der Waals surface area contributed by atoms with Gasteiger partial charge in [-0.1, -0.05) is 12.8 Å².